The lowest BCUT2D eigenvalue weighted by Gasteiger charge is -2.13. The molecule has 1 aliphatic rings. The quantitative estimate of drug-likeness (QED) is 0.892. The van der Waals surface area contributed by atoms with E-state index in [9.17, 15) is 18.0 Å². The second-order valence-corrected chi connectivity index (χ2v) is 4.99. The fourth-order valence-corrected chi connectivity index (χ4v) is 2.25. The molecule has 1 amide bonds. The molecule has 2 atom stereocenters. The third-order valence-corrected chi connectivity index (χ3v) is 3.62. The Morgan fingerprint density at radius 1 is 1.40 bits per heavy atom. The molecule has 0 aliphatic heterocycles. The summed E-state index contributed by atoms with van der Waals surface area (Å²) in [4.78, 5) is 12.1. The van der Waals surface area contributed by atoms with E-state index in [1.807, 2.05) is 6.92 Å². The van der Waals surface area contributed by atoms with E-state index < -0.39 is 17.6 Å². The number of anilines is 1. The molecule has 0 aromatic heterocycles. The van der Waals surface area contributed by atoms with Crippen LogP contribution in [0.2, 0.25) is 0 Å². The van der Waals surface area contributed by atoms with Crippen molar-refractivity contribution in [1.82, 2.24) is 5.32 Å². The van der Waals surface area contributed by atoms with Crippen molar-refractivity contribution < 1.29 is 18.0 Å². The number of nitrogens with one attached hydrogen (secondary N) is 2. The van der Waals surface area contributed by atoms with Crippen molar-refractivity contribution in [1.29, 1.82) is 0 Å². The summed E-state index contributed by atoms with van der Waals surface area (Å²) in [7, 11) is 1.57. The maximum atomic E-state index is 12.7. The van der Waals surface area contributed by atoms with Gasteiger partial charge in [-0.05, 0) is 30.5 Å². The van der Waals surface area contributed by atoms with Gasteiger partial charge in [0.15, 0.2) is 0 Å². The van der Waals surface area contributed by atoms with Gasteiger partial charge in [-0.15, -0.1) is 0 Å². The SMILES string of the molecule is CCC1CC1NC(=O)c1cc(C(F)(F)F)ccc1NC. The second kappa shape index (κ2) is 5.34. The molecule has 0 saturated heterocycles. The van der Waals surface area contributed by atoms with E-state index in [1.165, 1.54) is 6.07 Å². The van der Waals surface area contributed by atoms with E-state index in [0.29, 0.717) is 11.6 Å². The molecule has 110 valence electrons. The topological polar surface area (TPSA) is 41.1 Å². The third-order valence-electron chi connectivity index (χ3n) is 3.62. The van der Waals surface area contributed by atoms with Gasteiger partial charge in [-0.1, -0.05) is 13.3 Å². The highest BCUT2D eigenvalue weighted by Crippen LogP contribution is 2.35. The maximum absolute atomic E-state index is 12.7. The van der Waals surface area contributed by atoms with Gasteiger partial charge < -0.3 is 10.6 Å². The molecule has 0 radical (unpaired) electrons. The van der Waals surface area contributed by atoms with E-state index >= 15 is 0 Å². The summed E-state index contributed by atoms with van der Waals surface area (Å²) in [5.41, 5.74) is -0.391. The Bertz CT molecular complexity index is 514. The largest absolute Gasteiger partial charge is 0.416 e. The molecule has 2 unspecified atom stereocenters. The molecule has 1 fully saturated rings. The van der Waals surface area contributed by atoms with Crippen LogP contribution < -0.4 is 10.6 Å². The molecule has 0 heterocycles. The minimum absolute atomic E-state index is 0.0316. The zero-order valence-electron chi connectivity index (χ0n) is 11.3. The van der Waals surface area contributed by atoms with Crippen LogP contribution in [0.4, 0.5) is 18.9 Å². The summed E-state index contributed by atoms with van der Waals surface area (Å²) in [5.74, 6) is -0.0100. The van der Waals surface area contributed by atoms with Gasteiger partial charge in [-0.2, -0.15) is 13.2 Å². The fourth-order valence-electron chi connectivity index (χ4n) is 2.25. The summed E-state index contributed by atoms with van der Waals surface area (Å²) in [6.07, 6.45) is -2.59. The first kappa shape index (κ1) is 14.7. The first-order valence-electron chi connectivity index (χ1n) is 6.56. The number of carbonyl (C=O) groups is 1. The zero-order valence-corrected chi connectivity index (χ0v) is 11.3. The average molecular weight is 286 g/mol. The maximum Gasteiger partial charge on any atom is 0.416 e. The Hall–Kier alpha value is -1.72. The van der Waals surface area contributed by atoms with Crippen LogP contribution in [0.15, 0.2) is 18.2 Å². The van der Waals surface area contributed by atoms with E-state index in [0.717, 1.165) is 25.0 Å². The van der Waals surface area contributed by atoms with Gasteiger partial charge in [0, 0.05) is 18.8 Å². The van der Waals surface area contributed by atoms with Crippen molar-refractivity contribution in [2.24, 2.45) is 5.92 Å². The molecule has 6 heteroatoms. The molecule has 1 aliphatic carbocycles. The number of carbonyl (C=O) groups excluding carboxylic acids is 1. The second-order valence-electron chi connectivity index (χ2n) is 4.99. The highest BCUT2D eigenvalue weighted by atomic mass is 19.4. The smallest absolute Gasteiger partial charge is 0.387 e. The molecular formula is C14H17F3N2O. The first-order chi connectivity index (χ1) is 9.36. The lowest BCUT2D eigenvalue weighted by atomic mass is 10.1. The first-order valence-corrected chi connectivity index (χ1v) is 6.56. The average Bonchev–Trinajstić information content (AvgIpc) is 3.15. The number of alkyl halides is 3. The van der Waals surface area contributed by atoms with Crippen LogP contribution >= 0.6 is 0 Å². The van der Waals surface area contributed by atoms with E-state index in [-0.39, 0.29) is 11.6 Å². The van der Waals surface area contributed by atoms with Gasteiger partial charge in [-0.3, -0.25) is 4.79 Å². The van der Waals surface area contributed by atoms with Gasteiger partial charge in [0.05, 0.1) is 11.1 Å². The van der Waals surface area contributed by atoms with Gasteiger partial charge in [-0.25, -0.2) is 0 Å². The number of halogens is 3. The van der Waals surface area contributed by atoms with Crippen LogP contribution in [0.5, 0.6) is 0 Å². The Morgan fingerprint density at radius 2 is 2.10 bits per heavy atom. The molecule has 1 aromatic rings. The summed E-state index contributed by atoms with van der Waals surface area (Å²) in [5, 5.41) is 5.52. The third kappa shape index (κ3) is 3.05. The summed E-state index contributed by atoms with van der Waals surface area (Å²) < 4.78 is 38.1. The molecule has 20 heavy (non-hydrogen) atoms. The van der Waals surface area contributed by atoms with Crippen molar-refractivity contribution in [3.63, 3.8) is 0 Å². The molecule has 0 spiro atoms. The highest BCUT2D eigenvalue weighted by Gasteiger charge is 2.37. The van der Waals surface area contributed by atoms with Crippen LogP contribution in [0.1, 0.15) is 35.7 Å². The van der Waals surface area contributed by atoms with Crippen molar-refractivity contribution in [3.8, 4) is 0 Å². The van der Waals surface area contributed by atoms with Crippen LogP contribution in [-0.4, -0.2) is 19.0 Å². The van der Waals surface area contributed by atoms with Crippen LogP contribution in [0, 0.1) is 5.92 Å². The summed E-state index contributed by atoms with van der Waals surface area (Å²) in [6.45, 7) is 2.03. The number of hydrogen-bond acceptors (Lipinski definition) is 2. The Kier molecular flexibility index (Phi) is 3.92. The standard InChI is InChI=1S/C14H17F3N2O/c1-3-8-6-12(8)19-13(20)10-7-9(14(15,16)17)4-5-11(10)18-2/h4-5,7-8,12,18H,3,6H2,1-2H3,(H,19,20). The minimum atomic E-state index is -4.45. The van der Waals surface area contributed by atoms with Gasteiger partial charge >= 0.3 is 6.18 Å². The van der Waals surface area contributed by atoms with Crippen molar-refractivity contribution in [2.75, 3.05) is 12.4 Å². The Balaban J connectivity index is 2.22. The lowest BCUT2D eigenvalue weighted by molar-refractivity contribution is -0.137. The molecule has 1 aromatic carbocycles. The van der Waals surface area contributed by atoms with Crippen molar-refractivity contribution in [3.05, 3.63) is 29.3 Å². The van der Waals surface area contributed by atoms with E-state index in [1.54, 1.807) is 7.05 Å². The van der Waals surface area contributed by atoms with Gasteiger partial charge in [0.1, 0.15) is 0 Å². The number of rotatable bonds is 4. The lowest BCUT2D eigenvalue weighted by Crippen LogP contribution is -2.28. The molecular weight excluding hydrogens is 269 g/mol. The molecule has 0 bridgehead atoms. The fraction of sp³-hybridized carbons (Fsp3) is 0.500. The van der Waals surface area contributed by atoms with Gasteiger partial charge in [0.2, 0.25) is 0 Å². The Labute approximate surface area is 115 Å². The molecule has 2 N–H and O–H groups in total. The number of hydrogen-bond donors (Lipinski definition) is 2. The normalized spacial score (nSPS) is 21.4. The van der Waals surface area contributed by atoms with Crippen LogP contribution in [0.25, 0.3) is 0 Å². The molecule has 2 rings (SSSR count). The highest BCUT2D eigenvalue weighted by molar-refractivity contribution is 6.00. The zero-order chi connectivity index (χ0) is 14.9. The van der Waals surface area contributed by atoms with Gasteiger partial charge in [0.25, 0.3) is 5.91 Å². The van der Waals surface area contributed by atoms with Crippen molar-refractivity contribution >= 4 is 11.6 Å². The minimum Gasteiger partial charge on any atom is -0.387 e. The Morgan fingerprint density at radius 3 is 2.60 bits per heavy atom. The van der Waals surface area contributed by atoms with E-state index in [4.69, 9.17) is 0 Å². The molecule has 1 saturated carbocycles. The summed E-state index contributed by atoms with van der Waals surface area (Å²) >= 11 is 0. The number of benzene rings is 1. The van der Waals surface area contributed by atoms with Crippen molar-refractivity contribution in [2.45, 2.75) is 32.0 Å². The van der Waals surface area contributed by atoms with Crippen LogP contribution in [0.3, 0.4) is 0 Å². The van der Waals surface area contributed by atoms with E-state index in [2.05, 4.69) is 10.6 Å². The predicted octanol–water partition coefficient (Wildman–Crippen LogP) is 3.28. The monoisotopic (exact) mass is 286 g/mol. The molecule has 3 nitrogen and oxygen atoms in total. The summed E-state index contributed by atoms with van der Waals surface area (Å²) in [6, 6.07) is 3.23. The van der Waals surface area contributed by atoms with Crippen LogP contribution in [-0.2, 0) is 6.18 Å². The predicted molar refractivity (Wildman–Crippen MR) is 70.6 cm³/mol. The number of amides is 1.